The third kappa shape index (κ3) is 1.42. The van der Waals surface area contributed by atoms with E-state index < -0.39 is 0 Å². The number of rotatable bonds is 0. The van der Waals surface area contributed by atoms with Crippen LogP contribution >= 0.6 is 0 Å². The first-order valence-electron chi connectivity index (χ1n) is 5.11. The van der Waals surface area contributed by atoms with Crippen molar-refractivity contribution >= 4 is 0 Å². The lowest BCUT2D eigenvalue weighted by Crippen LogP contribution is -2.31. The van der Waals surface area contributed by atoms with E-state index >= 15 is 0 Å². The van der Waals surface area contributed by atoms with E-state index in [9.17, 15) is 0 Å². The molecule has 0 aromatic rings. The van der Waals surface area contributed by atoms with E-state index in [1.165, 1.54) is 19.3 Å². The molecule has 0 saturated heterocycles. The van der Waals surface area contributed by atoms with Crippen LogP contribution in [0.3, 0.4) is 0 Å². The molecule has 0 aromatic heterocycles. The quantitative estimate of drug-likeness (QED) is 0.552. The molecule has 13 heavy (non-hydrogen) atoms. The van der Waals surface area contributed by atoms with Crippen molar-refractivity contribution < 1.29 is 0 Å². The molecular weight excluding hydrogens is 158 g/mol. The van der Waals surface area contributed by atoms with Gasteiger partial charge in [-0.3, -0.25) is 0 Å². The lowest BCUT2D eigenvalue weighted by Gasteiger charge is -2.39. The van der Waals surface area contributed by atoms with E-state index in [0.29, 0.717) is 0 Å². The first-order valence-corrected chi connectivity index (χ1v) is 5.11. The standard InChI is InChI=1S/C12H15N/c13-10-11-6-2-5-9-12(11)7-3-1-4-8-12/h1,3-4,7,11H,2,5-6,8-9H2. The molecule has 0 aliphatic heterocycles. The van der Waals surface area contributed by atoms with Crippen LogP contribution in [0.5, 0.6) is 0 Å². The fourth-order valence-corrected chi connectivity index (χ4v) is 2.58. The zero-order valence-electron chi connectivity index (χ0n) is 7.87. The van der Waals surface area contributed by atoms with E-state index in [-0.39, 0.29) is 11.3 Å². The molecular formula is C12H15N. The van der Waals surface area contributed by atoms with Gasteiger partial charge in [0, 0.05) is 5.41 Å². The summed E-state index contributed by atoms with van der Waals surface area (Å²) in [6.45, 7) is 0. The lowest BCUT2D eigenvalue weighted by atomic mass is 9.64. The van der Waals surface area contributed by atoms with Crippen molar-refractivity contribution in [1.29, 1.82) is 5.26 Å². The summed E-state index contributed by atoms with van der Waals surface area (Å²) < 4.78 is 0. The third-order valence-electron chi connectivity index (χ3n) is 3.41. The summed E-state index contributed by atoms with van der Waals surface area (Å²) in [7, 11) is 0. The molecule has 0 radical (unpaired) electrons. The van der Waals surface area contributed by atoms with Crippen LogP contribution < -0.4 is 0 Å². The summed E-state index contributed by atoms with van der Waals surface area (Å²) in [5.74, 6) is 0.252. The molecule has 2 aliphatic rings. The maximum Gasteiger partial charge on any atom is 0.0665 e. The van der Waals surface area contributed by atoms with E-state index in [4.69, 9.17) is 5.26 Å². The van der Waals surface area contributed by atoms with Gasteiger partial charge >= 0.3 is 0 Å². The van der Waals surface area contributed by atoms with Gasteiger partial charge in [-0.2, -0.15) is 5.26 Å². The predicted molar refractivity (Wildman–Crippen MR) is 52.9 cm³/mol. The van der Waals surface area contributed by atoms with Gasteiger partial charge in [-0.15, -0.1) is 0 Å². The van der Waals surface area contributed by atoms with Crippen LogP contribution in [0.4, 0.5) is 0 Å². The molecule has 0 aromatic carbocycles. The predicted octanol–water partition coefficient (Wildman–Crippen LogP) is 3.20. The lowest BCUT2D eigenvalue weighted by molar-refractivity contribution is 0.197. The van der Waals surface area contributed by atoms with Crippen LogP contribution in [0.25, 0.3) is 0 Å². The van der Waals surface area contributed by atoms with Gasteiger partial charge in [0.25, 0.3) is 0 Å². The van der Waals surface area contributed by atoms with Crippen molar-refractivity contribution in [2.45, 2.75) is 32.1 Å². The van der Waals surface area contributed by atoms with Crippen molar-refractivity contribution in [3.05, 3.63) is 24.3 Å². The maximum absolute atomic E-state index is 9.10. The minimum atomic E-state index is 0.196. The van der Waals surface area contributed by atoms with Gasteiger partial charge in [0.2, 0.25) is 0 Å². The van der Waals surface area contributed by atoms with Crippen LogP contribution in [-0.4, -0.2) is 0 Å². The Balaban J connectivity index is 2.23. The molecule has 2 unspecified atom stereocenters. The molecule has 2 atom stereocenters. The number of hydrogen-bond acceptors (Lipinski definition) is 1. The van der Waals surface area contributed by atoms with Gasteiger partial charge in [-0.25, -0.2) is 0 Å². The number of hydrogen-bond donors (Lipinski definition) is 0. The van der Waals surface area contributed by atoms with Gasteiger partial charge < -0.3 is 0 Å². The average Bonchev–Trinajstić information content (AvgIpc) is 2.20. The Bertz CT molecular complexity index is 282. The zero-order chi connectivity index (χ0) is 9.15. The van der Waals surface area contributed by atoms with Gasteiger partial charge in [0.05, 0.1) is 12.0 Å². The monoisotopic (exact) mass is 173 g/mol. The largest absolute Gasteiger partial charge is 0.198 e. The molecule has 0 amide bonds. The number of nitriles is 1. The second-order valence-corrected chi connectivity index (χ2v) is 4.15. The van der Waals surface area contributed by atoms with Gasteiger partial charge in [0.1, 0.15) is 0 Å². The van der Waals surface area contributed by atoms with E-state index in [1.54, 1.807) is 0 Å². The smallest absolute Gasteiger partial charge is 0.0665 e. The maximum atomic E-state index is 9.10. The molecule has 2 aliphatic carbocycles. The van der Waals surface area contributed by atoms with Crippen molar-refractivity contribution in [2.75, 3.05) is 0 Å². The topological polar surface area (TPSA) is 23.8 Å². The summed E-state index contributed by atoms with van der Waals surface area (Å²) in [4.78, 5) is 0. The zero-order valence-corrected chi connectivity index (χ0v) is 7.87. The minimum absolute atomic E-state index is 0.196. The van der Waals surface area contributed by atoms with Crippen LogP contribution in [0.15, 0.2) is 24.3 Å². The molecule has 1 nitrogen and oxygen atoms in total. The highest BCUT2D eigenvalue weighted by molar-refractivity contribution is 5.21. The van der Waals surface area contributed by atoms with Gasteiger partial charge in [0.15, 0.2) is 0 Å². The van der Waals surface area contributed by atoms with Gasteiger partial charge in [-0.1, -0.05) is 37.1 Å². The van der Waals surface area contributed by atoms with Crippen LogP contribution in [0.1, 0.15) is 32.1 Å². The Labute approximate surface area is 79.8 Å². The number of allylic oxidation sites excluding steroid dienone is 4. The van der Waals surface area contributed by atoms with Crippen LogP contribution in [0.2, 0.25) is 0 Å². The summed E-state index contributed by atoms with van der Waals surface area (Å²) in [5.41, 5.74) is 0.196. The molecule has 1 saturated carbocycles. The molecule has 1 fully saturated rings. The van der Waals surface area contributed by atoms with E-state index in [1.807, 2.05) is 0 Å². The van der Waals surface area contributed by atoms with E-state index in [0.717, 1.165) is 12.8 Å². The highest BCUT2D eigenvalue weighted by atomic mass is 14.4. The fraction of sp³-hybridized carbons (Fsp3) is 0.583. The molecule has 0 bridgehead atoms. The van der Waals surface area contributed by atoms with Crippen molar-refractivity contribution in [2.24, 2.45) is 11.3 Å². The Hall–Kier alpha value is -1.03. The summed E-state index contributed by atoms with van der Waals surface area (Å²) in [6.07, 6.45) is 14.6. The van der Waals surface area contributed by atoms with Crippen LogP contribution in [-0.2, 0) is 0 Å². The number of nitrogens with zero attached hydrogens (tertiary/aromatic N) is 1. The van der Waals surface area contributed by atoms with Crippen molar-refractivity contribution in [3.8, 4) is 6.07 Å². The third-order valence-corrected chi connectivity index (χ3v) is 3.41. The summed E-state index contributed by atoms with van der Waals surface area (Å²) in [6, 6.07) is 2.48. The molecule has 1 heteroatoms. The summed E-state index contributed by atoms with van der Waals surface area (Å²) in [5, 5.41) is 9.10. The molecule has 0 N–H and O–H groups in total. The molecule has 68 valence electrons. The second-order valence-electron chi connectivity index (χ2n) is 4.15. The Morgan fingerprint density at radius 3 is 2.92 bits per heavy atom. The first-order chi connectivity index (χ1) is 6.37. The second kappa shape index (κ2) is 3.38. The van der Waals surface area contributed by atoms with E-state index in [2.05, 4.69) is 30.4 Å². The van der Waals surface area contributed by atoms with Gasteiger partial charge in [-0.05, 0) is 19.3 Å². The Kier molecular flexibility index (Phi) is 2.22. The highest BCUT2D eigenvalue weighted by Gasteiger charge is 2.38. The Morgan fingerprint density at radius 1 is 1.31 bits per heavy atom. The van der Waals surface area contributed by atoms with Crippen molar-refractivity contribution in [1.82, 2.24) is 0 Å². The minimum Gasteiger partial charge on any atom is -0.198 e. The molecule has 0 heterocycles. The van der Waals surface area contributed by atoms with Crippen LogP contribution in [0, 0.1) is 22.7 Å². The SMILES string of the molecule is N#CC1CCCCC12C=CC=CC2. The highest BCUT2D eigenvalue weighted by Crippen LogP contribution is 2.46. The normalized spacial score (nSPS) is 37.6. The first kappa shape index (κ1) is 8.56. The average molecular weight is 173 g/mol. The fourth-order valence-electron chi connectivity index (χ4n) is 2.58. The Morgan fingerprint density at radius 2 is 2.23 bits per heavy atom. The molecule has 1 spiro atoms. The molecule has 2 rings (SSSR count). The summed E-state index contributed by atoms with van der Waals surface area (Å²) >= 11 is 0. The van der Waals surface area contributed by atoms with Crippen molar-refractivity contribution in [3.63, 3.8) is 0 Å².